The van der Waals surface area contributed by atoms with Gasteiger partial charge >= 0.3 is 0 Å². The Labute approximate surface area is 128 Å². The third kappa shape index (κ3) is 2.17. The van der Waals surface area contributed by atoms with Crippen LogP contribution in [-0.4, -0.2) is 15.4 Å². The van der Waals surface area contributed by atoms with E-state index in [0.29, 0.717) is 5.92 Å². The smallest absolute Gasteiger partial charge is 0.0688 e. The van der Waals surface area contributed by atoms with Crippen LogP contribution in [0.4, 0.5) is 0 Å². The largest absolute Gasteiger partial charge is 0.392 e. The van der Waals surface area contributed by atoms with E-state index in [-0.39, 0.29) is 6.61 Å². The molecule has 3 heteroatoms. The molecule has 2 aromatic carbocycles. The van der Waals surface area contributed by atoms with Crippen LogP contribution >= 0.6 is 11.8 Å². The molecule has 1 aliphatic rings. The second kappa shape index (κ2) is 5.24. The number of fused-ring (bicyclic) bond motifs is 2. The van der Waals surface area contributed by atoms with Crippen LogP contribution < -0.4 is 0 Å². The Morgan fingerprint density at radius 2 is 2.00 bits per heavy atom. The van der Waals surface area contributed by atoms with Crippen LogP contribution in [-0.2, 0) is 13.2 Å². The number of hydrogen-bond donors (Lipinski definition) is 1. The van der Waals surface area contributed by atoms with Crippen LogP contribution in [0.3, 0.4) is 0 Å². The first-order valence-electron chi connectivity index (χ1n) is 7.26. The van der Waals surface area contributed by atoms with Crippen molar-refractivity contribution in [2.24, 2.45) is 0 Å². The maximum atomic E-state index is 9.45. The van der Waals surface area contributed by atoms with Gasteiger partial charge in [0, 0.05) is 40.2 Å². The van der Waals surface area contributed by atoms with Gasteiger partial charge in [0.1, 0.15) is 0 Å². The predicted molar refractivity (Wildman–Crippen MR) is 87.8 cm³/mol. The summed E-state index contributed by atoms with van der Waals surface area (Å²) < 4.78 is 2.32. The molecule has 106 valence electrons. The van der Waals surface area contributed by atoms with Crippen molar-refractivity contribution in [3.8, 4) is 0 Å². The lowest BCUT2D eigenvalue weighted by molar-refractivity contribution is 0.283. The minimum atomic E-state index is 0.101. The molecule has 0 amide bonds. The van der Waals surface area contributed by atoms with Gasteiger partial charge < -0.3 is 9.67 Å². The molecule has 21 heavy (non-hydrogen) atoms. The number of benzene rings is 2. The molecule has 1 N–H and O–H groups in total. The summed E-state index contributed by atoms with van der Waals surface area (Å²) in [5.74, 6) is 1.72. The topological polar surface area (TPSA) is 25.2 Å². The highest BCUT2D eigenvalue weighted by atomic mass is 32.2. The lowest BCUT2D eigenvalue weighted by Gasteiger charge is -2.13. The lowest BCUT2D eigenvalue weighted by Crippen LogP contribution is -2.07. The number of hydrogen-bond acceptors (Lipinski definition) is 2. The SMILES string of the molecule is OCc1cccc2c1ccn2CC1CSc2ccccc21. The Morgan fingerprint density at radius 3 is 2.90 bits per heavy atom. The molecule has 4 rings (SSSR count). The van der Waals surface area contributed by atoms with Crippen molar-refractivity contribution < 1.29 is 5.11 Å². The number of nitrogens with zero attached hydrogens (tertiary/aromatic N) is 1. The lowest BCUT2D eigenvalue weighted by atomic mass is 10.0. The Morgan fingerprint density at radius 1 is 1.10 bits per heavy atom. The average molecular weight is 295 g/mol. The first-order valence-corrected chi connectivity index (χ1v) is 8.24. The van der Waals surface area contributed by atoms with Gasteiger partial charge in [-0.15, -0.1) is 11.8 Å². The molecule has 1 aromatic heterocycles. The van der Waals surface area contributed by atoms with Crippen LogP contribution in [0.25, 0.3) is 10.9 Å². The number of aliphatic hydroxyl groups is 1. The van der Waals surface area contributed by atoms with Gasteiger partial charge in [0.05, 0.1) is 6.61 Å². The third-order valence-corrected chi connectivity index (χ3v) is 5.54. The standard InChI is InChI=1S/C18H17NOS/c20-11-13-4-3-6-17-15(13)8-9-19(17)10-14-12-21-18-7-2-1-5-16(14)18/h1-9,14,20H,10-12H2. The fourth-order valence-corrected chi connectivity index (χ4v) is 4.44. The van der Waals surface area contributed by atoms with Crippen LogP contribution in [0.15, 0.2) is 59.6 Å². The summed E-state index contributed by atoms with van der Waals surface area (Å²) in [5, 5.41) is 10.6. The number of aliphatic hydroxyl groups excluding tert-OH is 1. The van der Waals surface area contributed by atoms with Gasteiger partial charge in [0.15, 0.2) is 0 Å². The molecule has 2 heterocycles. The van der Waals surface area contributed by atoms with E-state index in [9.17, 15) is 5.11 Å². The molecule has 1 atom stereocenters. The van der Waals surface area contributed by atoms with Crippen molar-refractivity contribution in [2.75, 3.05) is 5.75 Å². The zero-order valence-electron chi connectivity index (χ0n) is 11.7. The molecule has 2 nitrogen and oxygen atoms in total. The molecule has 0 bridgehead atoms. The summed E-state index contributed by atoms with van der Waals surface area (Å²) in [4.78, 5) is 1.43. The first-order chi connectivity index (χ1) is 10.4. The van der Waals surface area contributed by atoms with Crippen molar-refractivity contribution in [2.45, 2.75) is 24.0 Å². The van der Waals surface area contributed by atoms with Gasteiger partial charge in [-0.1, -0.05) is 30.3 Å². The van der Waals surface area contributed by atoms with Gasteiger partial charge in [-0.05, 0) is 29.3 Å². The molecule has 0 saturated carbocycles. The first kappa shape index (κ1) is 13.0. The second-order valence-electron chi connectivity index (χ2n) is 5.52. The zero-order chi connectivity index (χ0) is 14.2. The van der Waals surface area contributed by atoms with E-state index < -0.39 is 0 Å². The fraction of sp³-hybridized carbons (Fsp3) is 0.222. The number of thioether (sulfide) groups is 1. The summed E-state index contributed by atoms with van der Waals surface area (Å²) >= 11 is 1.96. The predicted octanol–water partition coefficient (Wildman–Crippen LogP) is 4.02. The summed E-state index contributed by atoms with van der Waals surface area (Å²) in [6.45, 7) is 1.10. The second-order valence-corrected chi connectivity index (χ2v) is 6.58. The van der Waals surface area contributed by atoms with Crippen LogP contribution in [0.2, 0.25) is 0 Å². The van der Waals surface area contributed by atoms with Gasteiger partial charge in [0.2, 0.25) is 0 Å². The summed E-state index contributed by atoms with van der Waals surface area (Å²) in [7, 11) is 0. The highest BCUT2D eigenvalue weighted by molar-refractivity contribution is 7.99. The van der Waals surface area contributed by atoms with Gasteiger partial charge in [-0.25, -0.2) is 0 Å². The Balaban J connectivity index is 1.70. The van der Waals surface area contributed by atoms with E-state index in [1.807, 2.05) is 23.9 Å². The van der Waals surface area contributed by atoms with Gasteiger partial charge in [-0.2, -0.15) is 0 Å². The van der Waals surface area contributed by atoms with E-state index in [4.69, 9.17) is 0 Å². The van der Waals surface area contributed by atoms with Gasteiger partial charge in [-0.3, -0.25) is 0 Å². The van der Waals surface area contributed by atoms with Crippen LogP contribution in [0.1, 0.15) is 17.0 Å². The van der Waals surface area contributed by atoms with Crippen LogP contribution in [0.5, 0.6) is 0 Å². The molecule has 0 aliphatic carbocycles. The maximum absolute atomic E-state index is 9.45. The quantitative estimate of drug-likeness (QED) is 0.789. The average Bonchev–Trinajstić information content (AvgIpc) is 3.13. The van der Waals surface area contributed by atoms with Gasteiger partial charge in [0.25, 0.3) is 0 Å². The molecular weight excluding hydrogens is 278 g/mol. The highest BCUT2D eigenvalue weighted by Crippen LogP contribution is 2.40. The number of aromatic nitrogens is 1. The maximum Gasteiger partial charge on any atom is 0.0688 e. The van der Waals surface area contributed by atoms with E-state index in [1.54, 1.807) is 0 Å². The normalized spacial score (nSPS) is 17.3. The summed E-state index contributed by atoms with van der Waals surface area (Å²) in [5.41, 5.74) is 3.70. The molecule has 0 spiro atoms. The van der Waals surface area contributed by atoms with Crippen molar-refractivity contribution in [3.05, 3.63) is 65.9 Å². The molecule has 0 fully saturated rings. The third-order valence-electron chi connectivity index (χ3n) is 4.29. The van der Waals surface area contributed by atoms with E-state index in [1.165, 1.54) is 21.4 Å². The molecule has 0 radical (unpaired) electrons. The fourth-order valence-electron chi connectivity index (χ4n) is 3.20. The molecule has 0 saturated heterocycles. The minimum Gasteiger partial charge on any atom is -0.392 e. The van der Waals surface area contributed by atoms with Crippen molar-refractivity contribution in [1.29, 1.82) is 0 Å². The van der Waals surface area contributed by atoms with Crippen molar-refractivity contribution in [1.82, 2.24) is 4.57 Å². The summed E-state index contributed by atoms with van der Waals surface area (Å²) in [6.07, 6.45) is 2.15. The summed E-state index contributed by atoms with van der Waals surface area (Å²) in [6, 6.07) is 17.0. The Bertz CT molecular complexity index is 793. The van der Waals surface area contributed by atoms with Crippen molar-refractivity contribution >= 4 is 22.7 Å². The molecule has 1 aliphatic heterocycles. The molecule has 1 unspecified atom stereocenters. The monoisotopic (exact) mass is 295 g/mol. The minimum absolute atomic E-state index is 0.101. The molecular formula is C18H17NOS. The van der Waals surface area contributed by atoms with E-state index >= 15 is 0 Å². The Hall–Kier alpha value is -1.71. The van der Waals surface area contributed by atoms with E-state index in [2.05, 4.69) is 47.2 Å². The number of rotatable bonds is 3. The van der Waals surface area contributed by atoms with Crippen molar-refractivity contribution in [3.63, 3.8) is 0 Å². The zero-order valence-corrected chi connectivity index (χ0v) is 12.5. The van der Waals surface area contributed by atoms with Crippen LogP contribution in [0, 0.1) is 0 Å². The Kier molecular flexibility index (Phi) is 3.24. The highest BCUT2D eigenvalue weighted by Gasteiger charge is 2.23. The molecule has 3 aromatic rings. The van der Waals surface area contributed by atoms with E-state index in [0.717, 1.165) is 17.9 Å².